The Morgan fingerprint density at radius 3 is 2.50 bits per heavy atom. The number of ether oxygens (including phenoxy) is 2. The lowest BCUT2D eigenvalue weighted by molar-refractivity contribution is 0.0475. The predicted molar refractivity (Wildman–Crippen MR) is 100 cm³/mol. The van der Waals surface area contributed by atoms with Crippen LogP contribution in [0.25, 0.3) is 0 Å². The fourth-order valence-corrected chi connectivity index (χ4v) is 2.86. The highest BCUT2D eigenvalue weighted by Crippen LogP contribution is 2.22. The summed E-state index contributed by atoms with van der Waals surface area (Å²) < 4.78 is 10.7. The van der Waals surface area contributed by atoms with Gasteiger partial charge in [0.15, 0.2) is 6.61 Å². The lowest BCUT2D eigenvalue weighted by Gasteiger charge is -2.19. The normalized spacial score (nSPS) is 10.9. The van der Waals surface area contributed by atoms with Gasteiger partial charge in [0.25, 0.3) is 0 Å². The van der Waals surface area contributed by atoms with Crippen LogP contribution in [0.2, 0.25) is 4.34 Å². The van der Waals surface area contributed by atoms with E-state index in [-0.39, 0.29) is 18.0 Å². The van der Waals surface area contributed by atoms with Crippen LogP contribution >= 0.6 is 22.9 Å². The molecule has 0 radical (unpaired) electrons. The van der Waals surface area contributed by atoms with Gasteiger partial charge >= 0.3 is 12.1 Å². The number of halogens is 1. The first-order chi connectivity index (χ1) is 12.1. The first-order valence-corrected chi connectivity index (χ1v) is 8.89. The number of hydrogen-bond acceptors (Lipinski definition) is 6. The van der Waals surface area contributed by atoms with Gasteiger partial charge in [0, 0.05) is 5.69 Å². The average Bonchev–Trinajstić information content (AvgIpc) is 2.97. The number of Topliss-reactive ketones (excluding diaryl/α,β-unsaturated/α-hetero) is 1. The van der Waals surface area contributed by atoms with E-state index in [9.17, 15) is 14.4 Å². The summed E-state index contributed by atoms with van der Waals surface area (Å²) in [6.45, 7) is 4.86. The molecular formula is C18H18ClNO5S. The number of ketones is 1. The summed E-state index contributed by atoms with van der Waals surface area (Å²) in [5.74, 6) is -1.01. The third kappa shape index (κ3) is 6.16. The van der Waals surface area contributed by atoms with Crippen molar-refractivity contribution >= 4 is 46.5 Å². The predicted octanol–water partition coefficient (Wildman–Crippen LogP) is 4.79. The second-order valence-corrected chi connectivity index (χ2v) is 8.03. The number of rotatable bonds is 5. The smallest absolute Gasteiger partial charge is 0.412 e. The molecule has 0 aliphatic carbocycles. The van der Waals surface area contributed by atoms with Gasteiger partial charge < -0.3 is 9.47 Å². The van der Waals surface area contributed by atoms with Crippen LogP contribution in [-0.2, 0) is 9.47 Å². The van der Waals surface area contributed by atoms with Crippen LogP contribution < -0.4 is 5.32 Å². The van der Waals surface area contributed by atoms with Gasteiger partial charge in [-0.2, -0.15) is 0 Å². The zero-order chi connectivity index (χ0) is 19.3. The van der Waals surface area contributed by atoms with E-state index < -0.39 is 17.7 Å². The second-order valence-electron chi connectivity index (χ2n) is 6.31. The number of nitrogens with one attached hydrogen (secondary N) is 1. The summed E-state index contributed by atoms with van der Waals surface area (Å²) in [7, 11) is 0. The van der Waals surface area contributed by atoms with E-state index in [0.29, 0.717) is 14.9 Å². The quantitative estimate of drug-likeness (QED) is 0.581. The molecule has 0 aliphatic heterocycles. The lowest BCUT2D eigenvalue weighted by atomic mass is 10.2. The van der Waals surface area contributed by atoms with Crippen molar-refractivity contribution in [2.24, 2.45) is 0 Å². The molecule has 1 N–H and O–H groups in total. The minimum Gasteiger partial charge on any atom is -0.454 e. The van der Waals surface area contributed by atoms with Crippen LogP contribution in [0.15, 0.2) is 36.4 Å². The fraction of sp³-hybridized carbons (Fsp3) is 0.278. The van der Waals surface area contributed by atoms with Gasteiger partial charge in [-0.05, 0) is 51.1 Å². The molecule has 1 heterocycles. The van der Waals surface area contributed by atoms with Crippen molar-refractivity contribution in [2.75, 3.05) is 11.9 Å². The molecule has 0 atom stereocenters. The van der Waals surface area contributed by atoms with E-state index in [1.807, 2.05) is 0 Å². The molecule has 0 aliphatic rings. The Morgan fingerprint density at radius 2 is 1.88 bits per heavy atom. The number of carbonyl (C=O) groups excluding carboxylic acids is 3. The summed E-state index contributed by atoms with van der Waals surface area (Å²) in [6, 6.07) is 9.35. The first-order valence-electron chi connectivity index (χ1n) is 7.70. The summed E-state index contributed by atoms with van der Waals surface area (Å²) in [6.07, 6.45) is -0.632. The minimum atomic E-state index is -0.672. The Morgan fingerprint density at radius 1 is 1.15 bits per heavy atom. The Labute approximate surface area is 160 Å². The topological polar surface area (TPSA) is 81.7 Å². The van der Waals surface area contributed by atoms with Crippen molar-refractivity contribution in [1.29, 1.82) is 0 Å². The number of amides is 1. The minimum absolute atomic E-state index is 0.204. The van der Waals surface area contributed by atoms with E-state index in [2.05, 4.69) is 5.32 Å². The summed E-state index contributed by atoms with van der Waals surface area (Å²) in [5.41, 5.74) is -0.0493. The zero-order valence-corrected chi connectivity index (χ0v) is 16.1. The molecule has 6 nitrogen and oxygen atoms in total. The van der Waals surface area contributed by atoms with Gasteiger partial charge in [-0.15, -0.1) is 11.3 Å². The highest BCUT2D eigenvalue weighted by atomic mass is 35.5. The second kappa shape index (κ2) is 8.33. The van der Waals surface area contributed by atoms with E-state index in [0.717, 1.165) is 11.3 Å². The van der Waals surface area contributed by atoms with E-state index in [1.165, 1.54) is 12.1 Å². The SMILES string of the molecule is CC(C)(C)OC(=O)Nc1cccc(C(=O)OCC(=O)c2ccc(Cl)s2)c1. The fourth-order valence-electron chi connectivity index (χ4n) is 1.90. The van der Waals surface area contributed by atoms with Gasteiger partial charge in [0.1, 0.15) is 5.60 Å². The standard InChI is InChI=1S/C18H18ClNO5S/c1-18(2,3)25-17(23)20-12-6-4-5-11(9-12)16(22)24-10-13(21)14-7-8-15(19)26-14/h4-9H,10H2,1-3H3,(H,20,23). The lowest BCUT2D eigenvalue weighted by Crippen LogP contribution is -2.27. The number of carbonyl (C=O) groups is 3. The maximum absolute atomic E-state index is 12.1. The maximum Gasteiger partial charge on any atom is 0.412 e. The third-order valence-electron chi connectivity index (χ3n) is 2.93. The molecule has 0 bridgehead atoms. The average molecular weight is 396 g/mol. The molecule has 0 fully saturated rings. The molecule has 2 rings (SSSR count). The van der Waals surface area contributed by atoms with E-state index >= 15 is 0 Å². The van der Waals surface area contributed by atoms with Gasteiger partial charge in [0.2, 0.25) is 5.78 Å². The summed E-state index contributed by atoms with van der Waals surface area (Å²) in [5, 5.41) is 2.54. The molecule has 0 unspecified atom stereocenters. The number of thiophene rings is 1. The molecule has 0 spiro atoms. The Balaban J connectivity index is 1.95. The molecular weight excluding hydrogens is 378 g/mol. The Kier molecular flexibility index (Phi) is 6.39. The molecule has 1 aromatic carbocycles. The van der Waals surface area contributed by atoms with Gasteiger partial charge in [-0.1, -0.05) is 17.7 Å². The molecule has 0 saturated heterocycles. The van der Waals surface area contributed by atoms with Crippen LogP contribution in [0.3, 0.4) is 0 Å². The van der Waals surface area contributed by atoms with Crippen molar-refractivity contribution in [3.05, 3.63) is 51.2 Å². The van der Waals surface area contributed by atoms with E-state index in [1.54, 1.807) is 45.0 Å². The van der Waals surface area contributed by atoms with E-state index in [4.69, 9.17) is 21.1 Å². The maximum atomic E-state index is 12.1. The van der Waals surface area contributed by atoms with Gasteiger partial charge in [-0.25, -0.2) is 9.59 Å². The number of hydrogen-bond donors (Lipinski definition) is 1. The van der Waals surface area contributed by atoms with Crippen molar-refractivity contribution in [3.8, 4) is 0 Å². The van der Waals surface area contributed by atoms with Crippen molar-refractivity contribution < 1.29 is 23.9 Å². The molecule has 138 valence electrons. The highest BCUT2D eigenvalue weighted by Gasteiger charge is 2.17. The van der Waals surface area contributed by atoms with Crippen molar-refractivity contribution in [3.63, 3.8) is 0 Å². The third-order valence-corrected chi connectivity index (χ3v) is 4.20. The molecule has 1 aromatic heterocycles. The van der Waals surface area contributed by atoms with Crippen LogP contribution in [0, 0.1) is 0 Å². The monoisotopic (exact) mass is 395 g/mol. The zero-order valence-electron chi connectivity index (χ0n) is 14.5. The number of esters is 1. The molecule has 8 heteroatoms. The van der Waals surface area contributed by atoms with Crippen molar-refractivity contribution in [2.45, 2.75) is 26.4 Å². The number of benzene rings is 1. The molecule has 2 aromatic rings. The molecule has 26 heavy (non-hydrogen) atoms. The van der Waals surface area contributed by atoms with Crippen LogP contribution in [0.1, 0.15) is 40.8 Å². The highest BCUT2D eigenvalue weighted by molar-refractivity contribution is 7.18. The van der Waals surface area contributed by atoms with Crippen molar-refractivity contribution in [1.82, 2.24) is 0 Å². The summed E-state index contributed by atoms with van der Waals surface area (Å²) in [4.78, 5) is 36.3. The summed E-state index contributed by atoms with van der Waals surface area (Å²) >= 11 is 6.90. The van der Waals surface area contributed by atoms with Gasteiger partial charge in [-0.3, -0.25) is 10.1 Å². The van der Waals surface area contributed by atoms with Crippen LogP contribution in [-0.4, -0.2) is 30.1 Å². The number of anilines is 1. The van der Waals surface area contributed by atoms with Gasteiger partial charge in [0.05, 0.1) is 14.8 Å². The molecule has 0 saturated carbocycles. The Hall–Kier alpha value is -2.38. The Bertz CT molecular complexity index is 825. The van der Waals surface area contributed by atoms with Crippen LogP contribution in [0.4, 0.5) is 10.5 Å². The van der Waals surface area contributed by atoms with Crippen LogP contribution in [0.5, 0.6) is 0 Å². The first kappa shape index (κ1) is 19.9. The largest absolute Gasteiger partial charge is 0.454 e. The molecule has 1 amide bonds.